The highest BCUT2D eigenvalue weighted by Gasteiger charge is 2.42. The first-order chi connectivity index (χ1) is 11.3. The zero-order valence-electron chi connectivity index (χ0n) is 14.5. The average molecular weight is 327 g/mol. The highest BCUT2D eigenvalue weighted by molar-refractivity contribution is 5.95. The van der Waals surface area contributed by atoms with Gasteiger partial charge in [-0.15, -0.1) is 0 Å². The number of benzene rings is 1. The molecule has 0 unspecified atom stereocenters. The third kappa shape index (κ3) is 3.36. The van der Waals surface area contributed by atoms with Gasteiger partial charge in [0.1, 0.15) is 0 Å². The van der Waals surface area contributed by atoms with Gasteiger partial charge < -0.3 is 10.4 Å². The Hall–Kier alpha value is -2.14. The molecule has 0 bridgehead atoms. The molecule has 1 fully saturated rings. The fraction of sp³-hybridized carbons (Fsp3) is 0.474. The molecule has 5 nitrogen and oxygen atoms in total. The van der Waals surface area contributed by atoms with Crippen LogP contribution in [0.5, 0.6) is 0 Å². The minimum absolute atomic E-state index is 0.104. The van der Waals surface area contributed by atoms with Crippen LogP contribution in [0.1, 0.15) is 49.7 Å². The van der Waals surface area contributed by atoms with Crippen LogP contribution in [0.25, 0.3) is 5.69 Å². The lowest BCUT2D eigenvalue weighted by Crippen LogP contribution is -2.33. The van der Waals surface area contributed by atoms with Crippen LogP contribution >= 0.6 is 0 Å². The summed E-state index contributed by atoms with van der Waals surface area (Å²) in [6.45, 7) is 6.80. The van der Waals surface area contributed by atoms with Crippen LogP contribution in [-0.4, -0.2) is 33.9 Å². The third-order valence-corrected chi connectivity index (χ3v) is 4.61. The number of hydrogen-bond acceptors (Lipinski definition) is 3. The fourth-order valence-corrected chi connectivity index (χ4v) is 2.74. The summed E-state index contributed by atoms with van der Waals surface area (Å²) < 4.78 is 1.76. The van der Waals surface area contributed by atoms with E-state index in [4.69, 9.17) is 0 Å². The van der Waals surface area contributed by atoms with Gasteiger partial charge in [0.25, 0.3) is 5.91 Å². The van der Waals surface area contributed by atoms with E-state index in [1.807, 2.05) is 30.3 Å². The van der Waals surface area contributed by atoms with E-state index in [1.54, 1.807) is 10.9 Å². The molecule has 1 heterocycles. The molecule has 1 aromatic carbocycles. The molecule has 24 heavy (non-hydrogen) atoms. The molecule has 1 saturated carbocycles. The molecule has 2 aromatic rings. The van der Waals surface area contributed by atoms with Crippen LogP contribution in [0, 0.1) is 5.41 Å². The molecule has 1 aliphatic rings. The van der Waals surface area contributed by atoms with Gasteiger partial charge in [-0.3, -0.25) is 4.79 Å². The number of rotatable bonds is 5. The summed E-state index contributed by atoms with van der Waals surface area (Å²) >= 11 is 0. The normalized spacial score (nSPS) is 16.0. The summed E-state index contributed by atoms with van der Waals surface area (Å²) in [5.74, 6) is -0.123. The monoisotopic (exact) mass is 327 g/mol. The maximum absolute atomic E-state index is 12.7. The Bertz CT molecular complexity index is 725. The van der Waals surface area contributed by atoms with Crippen molar-refractivity contribution < 1.29 is 9.90 Å². The van der Waals surface area contributed by atoms with E-state index in [0.29, 0.717) is 12.1 Å². The van der Waals surface area contributed by atoms with Crippen LogP contribution in [0.15, 0.2) is 36.5 Å². The highest BCUT2D eigenvalue weighted by Crippen LogP contribution is 2.44. The van der Waals surface area contributed by atoms with E-state index in [1.165, 1.54) is 0 Å². The molecular weight excluding hydrogens is 302 g/mol. The molecule has 1 amide bonds. The summed E-state index contributed by atoms with van der Waals surface area (Å²) in [5, 5.41) is 17.0. The molecule has 1 aliphatic carbocycles. The Morgan fingerprint density at radius 2 is 1.96 bits per heavy atom. The number of nitrogens with one attached hydrogen (secondary N) is 1. The maximum Gasteiger partial charge on any atom is 0.254 e. The zero-order valence-corrected chi connectivity index (χ0v) is 14.5. The second-order valence-electron chi connectivity index (χ2n) is 7.76. The minimum Gasteiger partial charge on any atom is -0.396 e. The smallest absolute Gasteiger partial charge is 0.254 e. The second-order valence-corrected chi connectivity index (χ2v) is 7.76. The number of amides is 1. The van der Waals surface area contributed by atoms with E-state index in [-0.39, 0.29) is 23.3 Å². The van der Waals surface area contributed by atoms with Gasteiger partial charge in [-0.2, -0.15) is 5.10 Å². The highest BCUT2D eigenvalue weighted by atomic mass is 16.3. The van der Waals surface area contributed by atoms with E-state index < -0.39 is 0 Å². The van der Waals surface area contributed by atoms with Gasteiger partial charge in [0.15, 0.2) is 0 Å². The number of carbonyl (C=O) groups excluding carboxylic acids is 1. The third-order valence-electron chi connectivity index (χ3n) is 4.61. The molecule has 0 radical (unpaired) electrons. The van der Waals surface area contributed by atoms with Crippen molar-refractivity contribution in [3.8, 4) is 5.69 Å². The number of carbonyl (C=O) groups is 1. The predicted molar refractivity (Wildman–Crippen MR) is 93.4 cm³/mol. The SMILES string of the molecule is CC(C)(C)c1nn(-c2ccccc2)cc1C(=O)NCC1(CO)CC1. The minimum atomic E-state index is -0.235. The van der Waals surface area contributed by atoms with Crippen molar-refractivity contribution in [3.63, 3.8) is 0 Å². The van der Waals surface area contributed by atoms with Crippen molar-refractivity contribution in [3.05, 3.63) is 47.8 Å². The van der Waals surface area contributed by atoms with Gasteiger partial charge in [-0.05, 0) is 25.0 Å². The Kier molecular flexibility index (Phi) is 4.22. The van der Waals surface area contributed by atoms with Gasteiger partial charge in [-0.25, -0.2) is 4.68 Å². The van der Waals surface area contributed by atoms with E-state index in [0.717, 1.165) is 24.2 Å². The molecule has 3 rings (SSSR count). The van der Waals surface area contributed by atoms with E-state index in [9.17, 15) is 9.90 Å². The van der Waals surface area contributed by atoms with Gasteiger partial charge in [0, 0.05) is 23.6 Å². The molecule has 0 atom stereocenters. The van der Waals surface area contributed by atoms with Gasteiger partial charge in [-0.1, -0.05) is 39.0 Å². The summed E-state index contributed by atoms with van der Waals surface area (Å²) in [6, 6.07) is 9.78. The summed E-state index contributed by atoms with van der Waals surface area (Å²) in [6.07, 6.45) is 3.74. The Labute approximate surface area is 142 Å². The number of hydrogen-bond donors (Lipinski definition) is 2. The largest absolute Gasteiger partial charge is 0.396 e. The molecule has 0 aliphatic heterocycles. The Balaban J connectivity index is 1.88. The van der Waals surface area contributed by atoms with Crippen LogP contribution in [0.3, 0.4) is 0 Å². The average Bonchev–Trinajstić information content (AvgIpc) is 3.20. The Morgan fingerprint density at radius 1 is 1.29 bits per heavy atom. The molecule has 1 aromatic heterocycles. The predicted octanol–water partition coefficient (Wildman–Crippen LogP) is 2.67. The van der Waals surface area contributed by atoms with Crippen LogP contribution in [0.2, 0.25) is 0 Å². The van der Waals surface area contributed by atoms with Gasteiger partial charge >= 0.3 is 0 Å². The quantitative estimate of drug-likeness (QED) is 0.887. The van der Waals surface area contributed by atoms with Crippen molar-refractivity contribution in [1.29, 1.82) is 0 Å². The van der Waals surface area contributed by atoms with E-state index >= 15 is 0 Å². The summed E-state index contributed by atoms with van der Waals surface area (Å²) in [7, 11) is 0. The van der Waals surface area contributed by atoms with Gasteiger partial charge in [0.05, 0.1) is 23.6 Å². The van der Waals surface area contributed by atoms with Gasteiger partial charge in [0.2, 0.25) is 0 Å². The lowest BCUT2D eigenvalue weighted by atomic mass is 9.89. The van der Waals surface area contributed by atoms with E-state index in [2.05, 4.69) is 31.2 Å². The first-order valence-corrected chi connectivity index (χ1v) is 8.39. The molecular formula is C19H25N3O2. The van der Waals surface area contributed by atoms with Crippen LogP contribution < -0.4 is 5.32 Å². The second kappa shape index (κ2) is 6.06. The number of aliphatic hydroxyl groups excluding tert-OH is 1. The lowest BCUT2D eigenvalue weighted by molar-refractivity contribution is 0.0933. The van der Waals surface area contributed by atoms with Crippen LogP contribution in [-0.2, 0) is 5.41 Å². The molecule has 0 saturated heterocycles. The molecule has 0 spiro atoms. The first kappa shape index (κ1) is 16.7. The Morgan fingerprint density at radius 3 is 2.50 bits per heavy atom. The van der Waals surface area contributed by atoms with Crippen molar-refractivity contribution in [2.45, 2.75) is 39.0 Å². The topological polar surface area (TPSA) is 67.2 Å². The van der Waals surface area contributed by atoms with Crippen molar-refractivity contribution in [2.24, 2.45) is 5.41 Å². The molecule has 2 N–H and O–H groups in total. The number of aromatic nitrogens is 2. The first-order valence-electron chi connectivity index (χ1n) is 8.39. The molecule has 128 valence electrons. The molecule has 5 heteroatoms. The number of aliphatic hydroxyl groups is 1. The van der Waals surface area contributed by atoms with Crippen molar-refractivity contribution in [2.75, 3.05) is 13.2 Å². The van der Waals surface area contributed by atoms with Crippen molar-refractivity contribution in [1.82, 2.24) is 15.1 Å². The standard InChI is InChI=1S/C19H25N3O2/c1-18(2,3)16-15(17(24)20-12-19(13-23)9-10-19)11-22(21-16)14-7-5-4-6-8-14/h4-8,11,23H,9-10,12-13H2,1-3H3,(H,20,24). The lowest BCUT2D eigenvalue weighted by Gasteiger charge is -2.18. The number of nitrogens with zero attached hydrogens (tertiary/aromatic N) is 2. The fourth-order valence-electron chi connectivity index (χ4n) is 2.74. The summed E-state index contributed by atoms with van der Waals surface area (Å²) in [4.78, 5) is 12.7. The number of para-hydroxylation sites is 1. The zero-order chi connectivity index (χ0) is 17.4. The summed E-state index contributed by atoms with van der Waals surface area (Å²) in [5.41, 5.74) is 1.96. The van der Waals surface area contributed by atoms with Crippen molar-refractivity contribution >= 4 is 5.91 Å². The van der Waals surface area contributed by atoms with Crippen LogP contribution in [0.4, 0.5) is 0 Å². The maximum atomic E-state index is 12.7.